The van der Waals surface area contributed by atoms with Gasteiger partial charge in [-0.25, -0.2) is 14.0 Å². The van der Waals surface area contributed by atoms with Crippen LogP contribution >= 0.6 is 0 Å². The minimum atomic E-state index is -1.82. The first kappa shape index (κ1) is 22.4. The summed E-state index contributed by atoms with van der Waals surface area (Å²) in [5.74, 6) is -3.57. The molecule has 2 aromatic rings. The Kier molecular flexibility index (Phi) is 6.55. The van der Waals surface area contributed by atoms with Crippen molar-refractivity contribution in [1.82, 2.24) is 4.90 Å². The molecular formula is C24H26FNO6. The zero-order valence-electron chi connectivity index (χ0n) is 17.5. The van der Waals surface area contributed by atoms with Crippen molar-refractivity contribution in [3.05, 3.63) is 70.5 Å². The summed E-state index contributed by atoms with van der Waals surface area (Å²) in [4.78, 5) is 20.5. The monoisotopic (exact) mass is 443 g/mol. The third kappa shape index (κ3) is 4.82. The third-order valence-electron chi connectivity index (χ3n) is 6.36. The van der Waals surface area contributed by atoms with Gasteiger partial charge in [-0.2, -0.15) is 0 Å². The van der Waals surface area contributed by atoms with Crippen molar-refractivity contribution in [2.75, 3.05) is 19.6 Å². The lowest BCUT2D eigenvalue weighted by Gasteiger charge is -2.21. The summed E-state index contributed by atoms with van der Waals surface area (Å²) in [5.41, 5.74) is 4.85. The van der Waals surface area contributed by atoms with E-state index in [0.717, 1.165) is 44.5 Å². The molecule has 2 heterocycles. The summed E-state index contributed by atoms with van der Waals surface area (Å²) in [6.07, 6.45) is 2.46. The molecule has 0 bridgehead atoms. The van der Waals surface area contributed by atoms with E-state index in [0.29, 0.717) is 0 Å². The number of likely N-dealkylation sites (tertiary alicyclic amines) is 1. The first-order chi connectivity index (χ1) is 15.3. The molecule has 4 atom stereocenters. The first-order valence-corrected chi connectivity index (χ1v) is 10.7. The number of hydrogen-bond donors (Lipinski definition) is 3. The maximum Gasteiger partial charge on any atom is 0.414 e. The van der Waals surface area contributed by atoms with Gasteiger partial charge >= 0.3 is 11.9 Å². The highest BCUT2D eigenvalue weighted by atomic mass is 19.1. The number of nitrogens with zero attached hydrogens (tertiary/aromatic N) is 1. The van der Waals surface area contributed by atoms with E-state index in [-0.39, 0.29) is 30.0 Å². The number of aliphatic hydroxyl groups excluding tert-OH is 1. The van der Waals surface area contributed by atoms with Crippen molar-refractivity contribution >= 4 is 11.9 Å². The summed E-state index contributed by atoms with van der Waals surface area (Å²) in [5, 5.41) is 24.6. The minimum Gasteiger partial charge on any atom is -0.473 e. The van der Waals surface area contributed by atoms with Crippen molar-refractivity contribution < 1.29 is 34.0 Å². The summed E-state index contributed by atoms with van der Waals surface area (Å²) in [7, 11) is 0. The summed E-state index contributed by atoms with van der Waals surface area (Å²) < 4.78 is 20.5. The van der Waals surface area contributed by atoms with E-state index in [1.807, 2.05) is 6.07 Å². The molecule has 1 aliphatic carbocycles. The number of carboxylic acid groups (broad SMARTS) is 2. The molecule has 5 rings (SSSR count). The number of carbonyl (C=O) groups is 2. The second kappa shape index (κ2) is 9.36. The number of hydrogen-bond acceptors (Lipinski definition) is 5. The van der Waals surface area contributed by atoms with Crippen molar-refractivity contribution in [3.63, 3.8) is 0 Å². The van der Waals surface area contributed by atoms with Crippen molar-refractivity contribution in [1.29, 1.82) is 0 Å². The molecule has 0 radical (unpaired) electrons. The van der Waals surface area contributed by atoms with Crippen LogP contribution in [0.4, 0.5) is 4.39 Å². The molecule has 3 aliphatic rings. The molecule has 3 N–H and O–H groups in total. The highest BCUT2D eigenvalue weighted by molar-refractivity contribution is 6.27. The van der Waals surface area contributed by atoms with Crippen LogP contribution in [0.2, 0.25) is 0 Å². The standard InChI is InChI=1S/C22H24FNO2.C2H2O4/c23-16-6-5-15-9-14-3-1-2-4-19(14)21-11-18(26-22(21)20(15)10-16)13-24-8-7-17(25)12-24;3-1(4)2(5)6/h1-6,10,17-18,21-22,25H,7-9,11-13H2;(H,3,4)(H,5,6). The largest absolute Gasteiger partial charge is 0.473 e. The Morgan fingerprint density at radius 3 is 2.47 bits per heavy atom. The molecule has 8 heteroatoms. The fourth-order valence-electron chi connectivity index (χ4n) is 4.98. The molecule has 7 nitrogen and oxygen atoms in total. The molecule has 32 heavy (non-hydrogen) atoms. The summed E-state index contributed by atoms with van der Waals surface area (Å²) >= 11 is 0. The molecule has 0 aromatic heterocycles. The molecule has 0 spiro atoms. The van der Waals surface area contributed by atoms with Gasteiger partial charge in [0.15, 0.2) is 0 Å². The Balaban J connectivity index is 0.000000363. The van der Waals surface area contributed by atoms with Gasteiger partial charge in [0.05, 0.1) is 18.3 Å². The SMILES string of the molecule is O=C(O)C(=O)O.OC1CCN(CC2CC3c4ccccc4Cc4ccc(F)cc4C3O2)C1. The first-order valence-electron chi connectivity index (χ1n) is 10.7. The van der Waals surface area contributed by atoms with Crippen LogP contribution in [-0.2, 0) is 20.7 Å². The third-order valence-corrected chi connectivity index (χ3v) is 6.36. The Hall–Kier alpha value is -2.81. The van der Waals surface area contributed by atoms with Crippen LogP contribution in [0.5, 0.6) is 0 Å². The molecule has 0 amide bonds. The van der Waals surface area contributed by atoms with Crippen LogP contribution in [0.1, 0.15) is 47.1 Å². The van der Waals surface area contributed by atoms with E-state index in [4.69, 9.17) is 24.5 Å². The van der Waals surface area contributed by atoms with E-state index in [1.165, 1.54) is 16.7 Å². The normalized spacial score (nSPS) is 26.2. The van der Waals surface area contributed by atoms with Gasteiger partial charge in [0.2, 0.25) is 0 Å². The van der Waals surface area contributed by atoms with Gasteiger partial charge in [-0.05, 0) is 53.6 Å². The molecule has 2 saturated heterocycles. The number of carboxylic acids is 2. The van der Waals surface area contributed by atoms with Crippen LogP contribution in [-0.4, -0.2) is 64.0 Å². The quantitative estimate of drug-likeness (QED) is 0.613. The van der Waals surface area contributed by atoms with Crippen LogP contribution in [0.3, 0.4) is 0 Å². The lowest BCUT2D eigenvalue weighted by atomic mass is 9.87. The van der Waals surface area contributed by atoms with E-state index < -0.39 is 11.9 Å². The molecule has 2 aliphatic heterocycles. The number of ether oxygens (including phenoxy) is 1. The minimum absolute atomic E-state index is 0.0816. The lowest BCUT2D eigenvalue weighted by molar-refractivity contribution is -0.159. The van der Waals surface area contributed by atoms with Gasteiger partial charge in [0, 0.05) is 25.6 Å². The van der Waals surface area contributed by atoms with Crippen molar-refractivity contribution in [3.8, 4) is 0 Å². The Labute approximate surface area is 185 Å². The highest BCUT2D eigenvalue weighted by Crippen LogP contribution is 2.49. The molecular weight excluding hydrogens is 417 g/mol. The van der Waals surface area contributed by atoms with E-state index >= 15 is 0 Å². The predicted molar refractivity (Wildman–Crippen MR) is 113 cm³/mol. The lowest BCUT2D eigenvalue weighted by Crippen LogP contribution is -2.31. The topological polar surface area (TPSA) is 107 Å². The van der Waals surface area contributed by atoms with Crippen molar-refractivity contribution in [2.24, 2.45) is 0 Å². The van der Waals surface area contributed by atoms with Gasteiger partial charge in [-0.1, -0.05) is 30.3 Å². The van der Waals surface area contributed by atoms with Crippen LogP contribution in [0.15, 0.2) is 42.5 Å². The van der Waals surface area contributed by atoms with Crippen LogP contribution < -0.4 is 0 Å². The van der Waals surface area contributed by atoms with Gasteiger partial charge < -0.3 is 20.1 Å². The molecule has 170 valence electrons. The fraction of sp³-hybridized carbons (Fsp3) is 0.417. The number of aliphatic hydroxyl groups is 1. The van der Waals surface area contributed by atoms with Gasteiger partial charge in [-0.3, -0.25) is 4.90 Å². The number of fused-ring (bicyclic) bond motifs is 5. The molecule has 2 aromatic carbocycles. The molecule has 2 fully saturated rings. The summed E-state index contributed by atoms with van der Waals surface area (Å²) in [6.45, 7) is 2.51. The fourth-order valence-corrected chi connectivity index (χ4v) is 4.98. The average molecular weight is 443 g/mol. The maximum absolute atomic E-state index is 14.0. The zero-order chi connectivity index (χ0) is 22.8. The zero-order valence-corrected chi connectivity index (χ0v) is 17.5. The smallest absolute Gasteiger partial charge is 0.414 e. The number of benzene rings is 2. The Morgan fingerprint density at radius 1 is 1.06 bits per heavy atom. The van der Waals surface area contributed by atoms with Crippen LogP contribution in [0, 0.1) is 5.82 Å². The van der Waals surface area contributed by atoms with Crippen LogP contribution in [0.25, 0.3) is 0 Å². The number of rotatable bonds is 2. The molecule has 0 saturated carbocycles. The van der Waals surface area contributed by atoms with E-state index in [9.17, 15) is 9.50 Å². The predicted octanol–water partition coefficient (Wildman–Crippen LogP) is 2.57. The van der Waals surface area contributed by atoms with E-state index in [2.05, 4.69) is 29.2 Å². The number of β-amino-alcohol motifs (C(OH)–C–C–N with tert-alkyl or cyclic N) is 1. The number of aliphatic carboxylic acids is 2. The maximum atomic E-state index is 14.0. The Bertz CT molecular complexity index is 1000. The second-order valence-corrected chi connectivity index (χ2v) is 8.55. The van der Waals surface area contributed by atoms with E-state index in [1.54, 1.807) is 12.1 Å². The Morgan fingerprint density at radius 2 is 1.78 bits per heavy atom. The summed E-state index contributed by atoms with van der Waals surface area (Å²) in [6, 6.07) is 13.7. The van der Waals surface area contributed by atoms with Gasteiger partial charge in [-0.15, -0.1) is 0 Å². The average Bonchev–Trinajstić information content (AvgIpc) is 3.33. The van der Waals surface area contributed by atoms with Gasteiger partial charge in [0.1, 0.15) is 5.82 Å². The van der Waals surface area contributed by atoms with Crippen molar-refractivity contribution in [2.45, 2.75) is 43.5 Å². The molecule has 4 unspecified atom stereocenters. The number of halogens is 1. The second-order valence-electron chi connectivity index (χ2n) is 8.55. The van der Waals surface area contributed by atoms with Gasteiger partial charge in [0.25, 0.3) is 0 Å². The highest BCUT2D eigenvalue weighted by Gasteiger charge is 2.41.